The first kappa shape index (κ1) is 29.8. The summed E-state index contributed by atoms with van der Waals surface area (Å²) in [6.45, 7) is 2.57. The number of fused-ring (bicyclic) bond motifs is 1. The molecule has 1 aliphatic rings. The highest BCUT2D eigenvalue weighted by atomic mass is 32.1. The lowest BCUT2D eigenvalue weighted by molar-refractivity contribution is 0.249. The van der Waals surface area contributed by atoms with Crippen LogP contribution in [-0.4, -0.2) is 64.6 Å². The Labute approximate surface area is 273 Å². The van der Waals surface area contributed by atoms with Gasteiger partial charge in [-0.1, -0.05) is 30.3 Å². The van der Waals surface area contributed by atoms with Crippen LogP contribution >= 0.6 is 11.3 Å². The van der Waals surface area contributed by atoms with Gasteiger partial charge in [0.1, 0.15) is 23.8 Å². The molecule has 0 spiro atoms. The number of ether oxygens (including phenoxy) is 2. The third kappa shape index (κ3) is 6.27. The molecule has 0 radical (unpaired) electrons. The van der Waals surface area contributed by atoms with Crippen molar-refractivity contribution in [3.05, 3.63) is 102 Å². The molecule has 0 bridgehead atoms. The van der Waals surface area contributed by atoms with Crippen LogP contribution in [0.3, 0.4) is 0 Å². The topological polar surface area (TPSA) is 80.0 Å². The van der Waals surface area contributed by atoms with Crippen molar-refractivity contribution in [2.45, 2.75) is 25.5 Å². The summed E-state index contributed by atoms with van der Waals surface area (Å²) >= 11 is 1.59. The van der Waals surface area contributed by atoms with Gasteiger partial charge >= 0.3 is 0 Å². The van der Waals surface area contributed by atoms with E-state index in [4.69, 9.17) is 19.4 Å². The number of benzene rings is 3. The molecule has 0 saturated carbocycles. The number of aromatic nitrogens is 4. The number of rotatable bonds is 10. The second-order valence-electron chi connectivity index (χ2n) is 11.6. The maximum Gasteiger partial charge on any atom is 0.227 e. The highest BCUT2D eigenvalue weighted by molar-refractivity contribution is 7.15. The van der Waals surface area contributed by atoms with Gasteiger partial charge in [0, 0.05) is 54.2 Å². The van der Waals surface area contributed by atoms with Crippen LogP contribution < -0.4 is 19.7 Å². The minimum atomic E-state index is 0.483. The average molecular weight is 632 g/mol. The zero-order chi connectivity index (χ0) is 31.5. The van der Waals surface area contributed by atoms with Crippen molar-refractivity contribution in [2.75, 3.05) is 44.5 Å². The lowest BCUT2D eigenvalue weighted by Gasteiger charge is -2.36. The van der Waals surface area contributed by atoms with E-state index in [1.54, 1.807) is 24.6 Å². The summed E-state index contributed by atoms with van der Waals surface area (Å²) in [4.78, 5) is 20.1. The van der Waals surface area contributed by atoms with Crippen LogP contribution in [0.5, 0.6) is 11.5 Å². The molecule has 6 aromatic rings. The maximum atomic E-state index is 6.02. The molecule has 10 heteroatoms. The van der Waals surface area contributed by atoms with Crippen molar-refractivity contribution < 1.29 is 9.47 Å². The third-order valence-electron chi connectivity index (χ3n) is 8.53. The van der Waals surface area contributed by atoms with E-state index in [0.29, 0.717) is 18.6 Å². The van der Waals surface area contributed by atoms with E-state index in [1.807, 2.05) is 66.2 Å². The summed E-state index contributed by atoms with van der Waals surface area (Å²) in [7, 11) is 6.03. The number of nitrogens with zero attached hydrogens (tertiary/aromatic N) is 6. The number of anilines is 3. The molecule has 234 valence electrons. The van der Waals surface area contributed by atoms with Crippen molar-refractivity contribution in [1.82, 2.24) is 24.3 Å². The van der Waals surface area contributed by atoms with Crippen molar-refractivity contribution in [3.63, 3.8) is 0 Å². The predicted molar refractivity (Wildman–Crippen MR) is 186 cm³/mol. The van der Waals surface area contributed by atoms with Gasteiger partial charge in [0.05, 0.1) is 24.2 Å². The zero-order valence-electron chi connectivity index (χ0n) is 26.3. The number of hydrogen-bond donors (Lipinski definition) is 1. The molecule has 9 nitrogen and oxygen atoms in total. The van der Waals surface area contributed by atoms with Gasteiger partial charge in [0.25, 0.3) is 0 Å². The Morgan fingerprint density at radius 3 is 2.52 bits per heavy atom. The Morgan fingerprint density at radius 2 is 1.76 bits per heavy atom. The highest BCUT2D eigenvalue weighted by Crippen LogP contribution is 2.36. The average Bonchev–Trinajstić information content (AvgIpc) is 3.70. The van der Waals surface area contributed by atoms with Crippen LogP contribution in [0.4, 0.5) is 17.3 Å². The third-order valence-corrected chi connectivity index (χ3v) is 9.28. The molecule has 1 saturated heterocycles. The monoisotopic (exact) mass is 631 g/mol. The zero-order valence-corrected chi connectivity index (χ0v) is 27.1. The van der Waals surface area contributed by atoms with E-state index in [0.717, 1.165) is 82.0 Å². The molecule has 0 unspecified atom stereocenters. The van der Waals surface area contributed by atoms with Crippen LogP contribution in [0.2, 0.25) is 0 Å². The van der Waals surface area contributed by atoms with Gasteiger partial charge in [-0.25, -0.2) is 15.0 Å². The van der Waals surface area contributed by atoms with Gasteiger partial charge in [-0.15, -0.1) is 11.3 Å². The van der Waals surface area contributed by atoms with E-state index < -0.39 is 0 Å². The first-order valence-corrected chi connectivity index (χ1v) is 16.4. The van der Waals surface area contributed by atoms with Gasteiger partial charge in [0.15, 0.2) is 4.96 Å². The van der Waals surface area contributed by atoms with Crippen molar-refractivity contribution in [1.29, 1.82) is 0 Å². The summed E-state index contributed by atoms with van der Waals surface area (Å²) in [5, 5.41) is 5.43. The Bertz CT molecular complexity index is 1910. The smallest absolute Gasteiger partial charge is 0.227 e. The van der Waals surface area contributed by atoms with Crippen molar-refractivity contribution in [2.24, 2.45) is 0 Å². The fourth-order valence-corrected chi connectivity index (χ4v) is 6.69. The normalized spacial score (nSPS) is 13.8. The summed E-state index contributed by atoms with van der Waals surface area (Å²) in [5.74, 6) is 2.04. The standard InChI is InChI=1S/C36H37N7O2S/c1-41(2)27-16-19-42(20-17-27)28-11-14-30(32(23-28)44-3)38-35-37-18-15-31(39-35)34-33(40-36-43(34)21-22-46-36)26-9-12-29(13-10-26)45-24-25-7-5-4-6-8-25/h4-15,18,21-23,27H,16-17,19-20,24H2,1-3H3,(H,37,38,39). The number of thiazole rings is 1. The summed E-state index contributed by atoms with van der Waals surface area (Å²) in [5.41, 5.74) is 6.61. The highest BCUT2D eigenvalue weighted by Gasteiger charge is 2.22. The van der Waals surface area contributed by atoms with Crippen LogP contribution in [0.25, 0.3) is 27.6 Å². The van der Waals surface area contributed by atoms with Crippen LogP contribution in [0.15, 0.2) is 96.6 Å². The Hall–Kier alpha value is -4.93. The first-order chi connectivity index (χ1) is 22.6. The van der Waals surface area contributed by atoms with Gasteiger partial charge in [-0.05, 0) is 75.0 Å². The molecular weight excluding hydrogens is 595 g/mol. The molecular formula is C36H37N7O2S. The molecule has 46 heavy (non-hydrogen) atoms. The van der Waals surface area contributed by atoms with Gasteiger partial charge in [-0.3, -0.25) is 4.40 Å². The number of imidazole rings is 1. The summed E-state index contributed by atoms with van der Waals surface area (Å²) in [6.07, 6.45) is 6.10. The molecule has 1 fully saturated rings. The number of methoxy groups -OCH3 is 1. The van der Waals surface area contributed by atoms with E-state index in [1.165, 1.54) is 0 Å². The van der Waals surface area contributed by atoms with Crippen LogP contribution in [-0.2, 0) is 6.61 Å². The summed E-state index contributed by atoms with van der Waals surface area (Å²) < 4.78 is 13.9. The number of piperidine rings is 1. The van der Waals surface area contributed by atoms with Gasteiger partial charge < -0.3 is 24.6 Å². The molecule has 3 aromatic carbocycles. The predicted octanol–water partition coefficient (Wildman–Crippen LogP) is 7.38. The van der Waals surface area contributed by atoms with E-state index >= 15 is 0 Å². The Morgan fingerprint density at radius 1 is 0.957 bits per heavy atom. The molecule has 0 aliphatic carbocycles. The SMILES string of the molecule is COc1cc(N2CCC(N(C)C)CC2)ccc1Nc1nccc(-c2c(-c3ccc(OCc4ccccc4)cc3)nc3sccn23)n1. The number of hydrogen-bond acceptors (Lipinski definition) is 9. The molecule has 1 aliphatic heterocycles. The Balaban J connectivity index is 1.12. The summed E-state index contributed by atoms with van der Waals surface area (Å²) in [6, 6.07) is 27.1. The molecule has 3 aromatic heterocycles. The van der Waals surface area contributed by atoms with Gasteiger partial charge in [-0.2, -0.15) is 0 Å². The van der Waals surface area contributed by atoms with E-state index in [9.17, 15) is 0 Å². The van der Waals surface area contributed by atoms with Crippen LogP contribution in [0.1, 0.15) is 18.4 Å². The molecule has 1 N–H and O–H groups in total. The molecule has 0 amide bonds. The lowest BCUT2D eigenvalue weighted by atomic mass is 10.0. The molecule has 0 atom stereocenters. The largest absolute Gasteiger partial charge is 0.494 e. The minimum absolute atomic E-state index is 0.483. The van der Waals surface area contributed by atoms with Crippen molar-refractivity contribution >= 4 is 33.6 Å². The maximum absolute atomic E-state index is 6.02. The molecule has 7 rings (SSSR count). The van der Waals surface area contributed by atoms with Gasteiger partial charge in [0.2, 0.25) is 5.95 Å². The van der Waals surface area contributed by atoms with Crippen molar-refractivity contribution in [3.8, 4) is 34.1 Å². The minimum Gasteiger partial charge on any atom is -0.494 e. The van der Waals surface area contributed by atoms with E-state index in [2.05, 4.69) is 62.9 Å². The number of nitrogens with one attached hydrogen (secondary N) is 1. The van der Waals surface area contributed by atoms with E-state index in [-0.39, 0.29) is 0 Å². The quantitative estimate of drug-likeness (QED) is 0.168. The Kier molecular flexibility index (Phi) is 8.54. The second kappa shape index (κ2) is 13.2. The molecule has 4 heterocycles. The fraction of sp³-hybridized carbons (Fsp3) is 0.250. The lowest BCUT2D eigenvalue weighted by Crippen LogP contribution is -2.41. The van der Waals surface area contributed by atoms with Crippen LogP contribution in [0, 0.1) is 0 Å². The second-order valence-corrected chi connectivity index (χ2v) is 12.5. The fourth-order valence-electron chi connectivity index (χ4n) is 5.97. The first-order valence-electron chi connectivity index (χ1n) is 15.5.